The number of hydrogen-bond donors (Lipinski definition) is 0. The first-order valence-corrected chi connectivity index (χ1v) is 5.66. The van der Waals surface area contributed by atoms with Crippen LogP contribution in [0.3, 0.4) is 0 Å². The number of rotatable bonds is 3. The first-order valence-electron chi connectivity index (χ1n) is 5.66. The highest BCUT2D eigenvalue weighted by atomic mass is 16.2. The van der Waals surface area contributed by atoms with E-state index in [0.29, 0.717) is 5.91 Å². The molecule has 0 atom stereocenters. The van der Waals surface area contributed by atoms with Crippen LogP contribution in [0.5, 0.6) is 0 Å². The molecule has 0 N–H and O–H groups in total. The average Bonchev–Trinajstić information content (AvgIpc) is 2.20. The minimum atomic E-state index is 0.283. The highest BCUT2D eigenvalue weighted by molar-refractivity contribution is 5.78. The molecule has 1 amide bonds. The van der Waals surface area contributed by atoms with E-state index in [1.165, 1.54) is 0 Å². The quantitative estimate of drug-likeness (QED) is 0.680. The topological polar surface area (TPSA) is 23.6 Å². The molecule has 0 radical (unpaired) electrons. The van der Waals surface area contributed by atoms with Crippen molar-refractivity contribution < 1.29 is 4.79 Å². The minimum Gasteiger partial charge on any atom is -0.343 e. The van der Waals surface area contributed by atoms with Gasteiger partial charge < -0.3 is 9.80 Å². The van der Waals surface area contributed by atoms with E-state index in [1.807, 2.05) is 4.90 Å². The summed E-state index contributed by atoms with van der Waals surface area (Å²) in [5.74, 6) is 0.647. The molecule has 0 aromatic rings. The van der Waals surface area contributed by atoms with E-state index in [4.69, 9.17) is 0 Å². The summed E-state index contributed by atoms with van der Waals surface area (Å²) in [5.41, 5.74) is 0. The lowest BCUT2D eigenvalue weighted by atomic mass is 9.95. The Hall–Kier alpha value is -0.570. The van der Waals surface area contributed by atoms with E-state index in [-0.39, 0.29) is 5.92 Å². The molecule has 3 heteroatoms. The van der Waals surface area contributed by atoms with Gasteiger partial charge in [-0.15, -0.1) is 0 Å². The van der Waals surface area contributed by atoms with Gasteiger partial charge >= 0.3 is 0 Å². The highest BCUT2D eigenvalue weighted by Gasteiger charge is 2.25. The molecule has 3 nitrogen and oxygen atoms in total. The van der Waals surface area contributed by atoms with Crippen LogP contribution < -0.4 is 0 Å². The molecule has 1 aliphatic rings. The number of hydrogen-bond acceptors (Lipinski definition) is 2. The Morgan fingerprint density at radius 3 is 2.21 bits per heavy atom. The van der Waals surface area contributed by atoms with Gasteiger partial charge in [-0.25, -0.2) is 0 Å². The van der Waals surface area contributed by atoms with Crippen LogP contribution >= 0.6 is 0 Å². The van der Waals surface area contributed by atoms with Gasteiger partial charge in [0, 0.05) is 19.0 Å². The van der Waals surface area contributed by atoms with Crippen molar-refractivity contribution >= 4 is 5.91 Å². The Bertz CT molecular complexity index is 182. The van der Waals surface area contributed by atoms with Crippen LogP contribution in [0, 0.1) is 5.92 Å². The summed E-state index contributed by atoms with van der Waals surface area (Å²) in [6.45, 7) is 7.94. The molecule has 1 heterocycles. The van der Waals surface area contributed by atoms with Gasteiger partial charge in [-0.2, -0.15) is 0 Å². The molecule has 14 heavy (non-hydrogen) atoms. The van der Waals surface area contributed by atoms with E-state index in [1.54, 1.807) is 0 Å². The van der Waals surface area contributed by atoms with Gasteiger partial charge in [0.15, 0.2) is 0 Å². The van der Waals surface area contributed by atoms with E-state index in [0.717, 1.165) is 39.0 Å². The summed E-state index contributed by atoms with van der Waals surface area (Å²) in [4.78, 5) is 16.2. The van der Waals surface area contributed by atoms with Gasteiger partial charge in [0.1, 0.15) is 0 Å². The third kappa shape index (κ3) is 2.71. The zero-order valence-corrected chi connectivity index (χ0v) is 9.62. The van der Waals surface area contributed by atoms with Gasteiger partial charge in [-0.3, -0.25) is 4.79 Å². The normalized spacial score (nSPS) is 19.6. The number of amides is 1. The summed E-state index contributed by atoms with van der Waals surface area (Å²) in [6, 6.07) is 0. The van der Waals surface area contributed by atoms with Gasteiger partial charge in [-0.05, 0) is 46.8 Å². The Labute approximate surface area is 87.1 Å². The first kappa shape index (κ1) is 11.5. The number of carbonyl (C=O) groups excluding carboxylic acids is 1. The zero-order valence-electron chi connectivity index (χ0n) is 9.62. The van der Waals surface area contributed by atoms with Crippen molar-refractivity contribution in [2.45, 2.75) is 26.7 Å². The lowest BCUT2D eigenvalue weighted by molar-refractivity contribution is -0.136. The second-order valence-electron chi connectivity index (χ2n) is 4.09. The lowest BCUT2D eigenvalue weighted by Crippen LogP contribution is -2.41. The first-order chi connectivity index (χ1) is 6.69. The maximum atomic E-state index is 12.0. The van der Waals surface area contributed by atoms with Crippen LogP contribution in [-0.2, 0) is 4.79 Å². The Balaban J connectivity index is 2.44. The van der Waals surface area contributed by atoms with Crippen LogP contribution in [0.15, 0.2) is 0 Å². The third-order valence-corrected chi connectivity index (χ3v) is 3.14. The summed E-state index contributed by atoms with van der Waals surface area (Å²) in [5, 5.41) is 0. The Kier molecular flexibility index (Phi) is 4.39. The molecule has 82 valence electrons. The predicted octanol–water partition coefficient (Wildman–Crippen LogP) is 1.20. The van der Waals surface area contributed by atoms with Crippen molar-refractivity contribution in [3.05, 3.63) is 0 Å². The van der Waals surface area contributed by atoms with Gasteiger partial charge in [0.2, 0.25) is 5.91 Å². The summed E-state index contributed by atoms with van der Waals surface area (Å²) < 4.78 is 0. The maximum absolute atomic E-state index is 12.0. The molecule has 1 aliphatic heterocycles. The fourth-order valence-corrected chi connectivity index (χ4v) is 2.05. The predicted molar refractivity (Wildman–Crippen MR) is 58.1 cm³/mol. The zero-order chi connectivity index (χ0) is 10.6. The molecular formula is C11H22N2O. The van der Waals surface area contributed by atoms with Gasteiger partial charge in [-0.1, -0.05) is 0 Å². The molecule has 0 aromatic carbocycles. The SMILES string of the molecule is CCN(CC)C(=O)C1CCN(C)CC1. The summed E-state index contributed by atoms with van der Waals surface area (Å²) in [7, 11) is 2.12. The second-order valence-corrected chi connectivity index (χ2v) is 4.09. The second kappa shape index (κ2) is 5.35. The molecule has 0 saturated carbocycles. The van der Waals surface area contributed by atoms with Crippen molar-refractivity contribution in [1.29, 1.82) is 0 Å². The van der Waals surface area contributed by atoms with E-state index >= 15 is 0 Å². The lowest BCUT2D eigenvalue weighted by Gasteiger charge is -2.31. The van der Waals surface area contributed by atoms with Crippen molar-refractivity contribution in [3.8, 4) is 0 Å². The minimum absolute atomic E-state index is 0.283. The number of carbonyl (C=O) groups is 1. The molecule has 1 rings (SSSR count). The smallest absolute Gasteiger partial charge is 0.225 e. The van der Waals surface area contributed by atoms with E-state index < -0.39 is 0 Å². The molecule has 1 fully saturated rings. The van der Waals surface area contributed by atoms with Crippen LogP contribution in [0.4, 0.5) is 0 Å². The van der Waals surface area contributed by atoms with Gasteiger partial charge in [0.05, 0.1) is 0 Å². The highest BCUT2D eigenvalue weighted by Crippen LogP contribution is 2.18. The monoisotopic (exact) mass is 198 g/mol. The van der Waals surface area contributed by atoms with Crippen molar-refractivity contribution in [2.24, 2.45) is 5.92 Å². The van der Waals surface area contributed by atoms with Crippen molar-refractivity contribution in [3.63, 3.8) is 0 Å². The van der Waals surface area contributed by atoms with Crippen LogP contribution in [0.25, 0.3) is 0 Å². The molecule has 0 spiro atoms. The van der Waals surface area contributed by atoms with Crippen LogP contribution in [0.1, 0.15) is 26.7 Å². The maximum Gasteiger partial charge on any atom is 0.225 e. The molecule has 0 unspecified atom stereocenters. The number of piperidine rings is 1. The summed E-state index contributed by atoms with van der Waals surface area (Å²) in [6.07, 6.45) is 2.07. The van der Waals surface area contributed by atoms with Gasteiger partial charge in [0.25, 0.3) is 0 Å². The molecule has 0 aliphatic carbocycles. The largest absolute Gasteiger partial charge is 0.343 e. The fourth-order valence-electron chi connectivity index (χ4n) is 2.05. The summed E-state index contributed by atoms with van der Waals surface area (Å²) >= 11 is 0. The average molecular weight is 198 g/mol. The number of likely N-dealkylation sites (tertiary alicyclic amines) is 1. The Morgan fingerprint density at radius 1 is 1.29 bits per heavy atom. The van der Waals surface area contributed by atoms with Crippen molar-refractivity contribution in [2.75, 3.05) is 33.2 Å². The fraction of sp³-hybridized carbons (Fsp3) is 0.909. The molecular weight excluding hydrogens is 176 g/mol. The molecule has 1 saturated heterocycles. The molecule has 0 bridgehead atoms. The Morgan fingerprint density at radius 2 is 1.79 bits per heavy atom. The van der Waals surface area contributed by atoms with E-state index in [2.05, 4.69) is 25.8 Å². The third-order valence-electron chi connectivity index (χ3n) is 3.14. The van der Waals surface area contributed by atoms with Crippen LogP contribution in [0.2, 0.25) is 0 Å². The standard InChI is InChI=1S/C11H22N2O/c1-4-13(5-2)11(14)10-6-8-12(3)9-7-10/h10H,4-9H2,1-3H3. The van der Waals surface area contributed by atoms with Crippen molar-refractivity contribution in [1.82, 2.24) is 9.80 Å². The molecule has 0 aromatic heterocycles. The van der Waals surface area contributed by atoms with E-state index in [9.17, 15) is 4.79 Å². The number of nitrogens with zero attached hydrogens (tertiary/aromatic N) is 2. The van der Waals surface area contributed by atoms with Crippen LogP contribution in [-0.4, -0.2) is 48.9 Å².